The first-order chi connectivity index (χ1) is 9.16. The van der Waals surface area contributed by atoms with E-state index in [0.717, 1.165) is 35.3 Å². The number of hydrogen-bond acceptors (Lipinski definition) is 3. The van der Waals surface area contributed by atoms with E-state index in [1.807, 2.05) is 31.2 Å². The van der Waals surface area contributed by atoms with Crippen molar-refractivity contribution in [3.8, 4) is 0 Å². The number of rotatable bonds is 2. The Labute approximate surface area is 113 Å². The standard InChI is InChI=1S/C16H21NO2/c1-10-7-8-17-13(9-10)16(18)15-11(2)19-14-6-4-3-5-12(14)15/h3-6,10,13,16-18H,7-9H2,1-2H3. The van der Waals surface area contributed by atoms with Crippen molar-refractivity contribution in [1.82, 2.24) is 5.32 Å². The molecule has 3 rings (SSSR count). The van der Waals surface area contributed by atoms with Gasteiger partial charge in [-0.15, -0.1) is 0 Å². The van der Waals surface area contributed by atoms with E-state index in [2.05, 4.69) is 12.2 Å². The summed E-state index contributed by atoms with van der Waals surface area (Å²) < 4.78 is 5.75. The van der Waals surface area contributed by atoms with Gasteiger partial charge in [0.2, 0.25) is 0 Å². The quantitative estimate of drug-likeness (QED) is 0.870. The lowest BCUT2D eigenvalue weighted by Crippen LogP contribution is -2.41. The van der Waals surface area contributed by atoms with Gasteiger partial charge in [0.1, 0.15) is 11.3 Å². The predicted molar refractivity (Wildman–Crippen MR) is 76.1 cm³/mol. The molecule has 3 atom stereocenters. The molecule has 1 aromatic heterocycles. The zero-order valence-electron chi connectivity index (χ0n) is 11.5. The topological polar surface area (TPSA) is 45.4 Å². The Hall–Kier alpha value is -1.32. The zero-order chi connectivity index (χ0) is 13.4. The highest BCUT2D eigenvalue weighted by molar-refractivity contribution is 5.82. The molecule has 1 fully saturated rings. The minimum atomic E-state index is -0.494. The van der Waals surface area contributed by atoms with Crippen LogP contribution in [0.4, 0.5) is 0 Å². The molecular formula is C16H21NO2. The molecule has 1 aromatic carbocycles. The summed E-state index contributed by atoms with van der Waals surface area (Å²) in [5.41, 5.74) is 1.81. The van der Waals surface area contributed by atoms with Crippen molar-refractivity contribution >= 4 is 11.0 Å². The molecule has 102 valence electrons. The molecule has 2 aromatic rings. The normalized spacial score (nSPS) is 25.6. The average molecular weight is 259 g/mol. The van der Waals surface area contributed by atoms with E-state index < -0.39 is 6.10 Å². The molecule has 2 N–H and O–H groups in total. The second-order valence-corrected chi connectivity index (χ2v) is 5.70. The molecule has 0 spiro atoms. The Morgan fingerprint density at radius 2 is 2.16 bits per heavy atom. The lowest BCUT2D eigenvalue weighted by molar-refractivity contribution is 0.101. The van der Waals surface area contributed by atoms with Crippen LogP contribution in [0.15, 0.2) is 28.7 Å². The molecule has 0 aliphatic carbocycles. The second kappa shape index (κ2) is 4.99. The number of benzene rings is 1. The highest BCUT2D eigenvalue weighted by Crippen LogP contribution is 2.34. The number of para-hydroxylation sites is 1. The Morgan fingerprint density at radius 1 is 1.37 bits per heavy atom. The van der Waals surface area contributed by atoms with Crippen LogP contribution in [0.25, 0.3) is 11.0 Å². The highest BCUT2D eigenvalue weighted by atomic mass is 16.3. The summed E-state index contributed by atoms with van der Waals surface area (Å²) >= 11 is 0. The number of furan rings is 1. The number of aliphatic hydroxyl groups is 1. The molecule has 1 saturated heterocycles. The van der Waals surface area contributed by atoms with E-state index in [9.17, 15) is 5.11 Å². The Bertz CT molecular complexity index is 575. The first-order valence-corrected chi connectivity index (χ1v) is 7.06. The van der Waals surface area contributed by atoms with Crippen LogP contribution in [0.1, 0.15) is 37.2 Å². The molecule has 1 aliphatic heterocycles. The van der Waals surface area contributed by atoms with E-state index >= 15 is 0 Å². The van der Waals surface area contributed by atoms with Gasteiger partial charge >= 0.3 is 0 Å². The van der Waals surface area contributed by atoms with Crippen LogP contribution in [0.3, 0.4) is 0 Å². The number of hydrogen-bond donors (Lipinski definition) is 2. The SMILES string of the molecule is Cc1oc2ccccc2c1C(O)C1CC(C)CCN1. The number of piperidine rings is 1. The zero-order valence-corrected chi connectivity index (χ0v) is 11.5. The maximum Gasteiger partial charge on any atom is 0.134 e. The Morgan fingerprint density at radius 3 is 2.95 bits per heavy atom. The van der Waals surface area contributed by atoms with Crippen molar-refractivity contribution in [2.75, 3.05) is 6.54 Å². The van der Waals surface area contributed by atoms with Crippen molar-refractivity contribution in [1.29, 1.82) is 0 Å². The van der Waals surface area contributed by atoms with Crippen molar-refractivity contribution in [2.24, 2.45) is 5.92 Å². The van der Waals surface area contributed by atoms with Crippen LogP contribution in [-0.4, -0.2) is 17.7 Å². The summed E-state index contributed by atoms with van der Waals surface area (Å²) in [4.78, 5) is 0. The summed E-state index contributed by atoms with van der Waals surface area (Å²) in [7, 11) is 0. The first kappa shape index (κ1) is 12.7. The van der Waals surface area contributed by atoms with Crippen molar-refractivity contribution in [3.63, 3.8) is 0 Å². The van der Waals surface area contributed by atoms with Crippen LogP contribution in [0.5, 0.6) is 0 Å². The summed E-state index contributed by atoms with van der Waals surface area (Å²) in [5, 5.41) is 15.2. The van der Waals surface area contributed by atoms with Gasteiger partial charge in [-0.3, -0.25) is 0 Å². The lowest BCUT2D eigenvalue weighted by atomic mass is 9.88. The molecule has 1 aliphatic rings. The average Bonchev–Trinajstić information content (AvgIpc) is 2.74. The van der Waals surface area contributed by atoms with Gasteiger partial charge in [-0.25, -0.2) is 0 Å². The number of aliphatic hydroxyl groups excluding tert-OH is 1. The van der Waals surface area contributed by atoms with Gasteiger partial charge in [-0.1, -0.05) is 25.1 Å². The smallest absolute Gasteiger partial charge is 0.134 e. The Balaban J connectivity index is 1.96. The molecule has 0 amide bonds. The van der Waals surface area contributed by atoms with E-state index in [1.165, 1.54) is 6.42 Å². The van der Waals surface area contributed by atoms with E-state index in [1.54, 1.807) is 0 Å². The number of nitrogens with one attached hydrogen (secondary N) is 1. The maximum absolute atomic E-state index is 10.7. The van der Waals surface area contributed by atoms with E-state index in [4.69, 9.17) is 4.42 Å². The molecule has 0 saturated carbocycles. The van der Waals surface area contributed by atoms with E-state index in [-0.39, 0.29) is 6.04 Å². The van der Waals surface area contributed by atoms with E-state index in [0.29, 0.717) is 5.92 Å². The molecule has 3 heteroatoms. The second-order valence-electron chi connectivity index (χ2n) is 5.70. The van der Waals surface area contributed by atoms with Crippen molar-refractivity contribution < 1.29 is 9.52 Å². The third-order valence-corrected chi connectivity index (χ3v) is 4.20. The van der Waals surface area contributed by atoms with Gasteiger partial charge in [0.15, 0.2) is 0 Å². The molecule has 19 heavy (non-hydrogen) atoms. The molecule has 0 radical (unpaired) electrons. The minimum absolute atomic E-state index is 0.128. The minimum Gasteiger partial charge on any atom is -0.461 e. The van der Waals surface area contributed by atoms with Crippen molar-refractivity contribution in [3.05, 3.63) is 35.6 Å². The van der Waals surface area contributed by atoms with Gasteiger partial charge in [0.25, 0.3) is 0 Å². The summed E-state index contributed by atoms with van der Waals surface area (Å²) in [5.74, 6) is 1.49. The third-order valence-electron chi connectivity index (χ3n) is 4.20. The molecule has 0 bridgehead atoms. The fraction of sp³-hybridized carbons (Fsp3) is 0.500. The molecule has 3 nitrogen and oxygen atoms in total. The molecule has 2 heterocycles. The van der Waals surface area contributed by atoms with Gasteiger partial charge < -0.3 is 14.8 Å². The maximum atomic E-state index is 10.7. The van der Waals surface area contributed by atoms with Crippen LogP contribution < -0.4 is 5.32 Å². The first-order valence-electron chi connectivity index (χ1n) is 7.06. The van der Waals surface area contributed by atoms with Crippen LogP contribution in [0.2, 0.25) is 0 Å². The van der Waals surface area contributed by atoms with Gasteiger partial charge in [0.05, 0.1) is 6.10 Å². The highest BCUT2D eigenvalue weighted by Gasteiger charge is 2.29. The largest absolute Gasteiger partial charge is 0.461 e. The third kappa shape index (κ3) is 2.28. The predicted octanol–water partition coefficient (Wildman–Crippen LogP) is 3.16. The number of aryl methyl sites for hydroxylation is 1. The summed E-state index contributed by atoms with van der Waals surface area (Å²) in [6.45, 7) is 5.17. The van der Waals surface area contributed by atoms with Crippen molar-refractivity contribution in [2.45, 2.75) is 38.8 Å². The van der Waals surface area contributed by atoms with Gasteiger partial charge in [0, 0.05) is 17.0 Å². The van der Waals surface area contributed by atoms with Gasteiger partial charge in [-0.2, -0.15) is 0 Å². The monoisotopic (exact) mass is 259 g/mol. The van der Waals surface area contributed by atoms with Crippen LogP contribution in [-0.2, 0) is 0 Å². The fourth-order valence-electron chi connectivity index (χ4n) is 3.15. The van der Waals surface area contributed by atoms with Crippen LogP contribution >= 0.6 is 0 Å². The molecular weight excluding hydrogens is 238 g/mol. The fourth-order valence-corrected chi connectivity index (χ4v) is 3.15. The number of fused-ring (bicyclic) bond motifs is 1. The summed E-state index contributed by atoms with van der Waals surface area (Å²) in [6, 6.07) is 8.06. The van der Waals surface area contributed by atoms with Crippen LogP contribution in [0, 0.1) is 12.8 Å². The Kier molecular flexibility index (Phi) is 3.33. The van der Waals surface area contributed by atoms with Gasteiger partial charge in [-0.05, 0) is 38.3 Å². The molecule has 3 unspecified atom stereocenters. The summed E-state index contributed by atoms with van der Waals surface area (Å²) in [6.07, 6.45) is 1.71. The lowest BCUT2D eigenvalue weighted by Gasteiger charge is -2.31.